The number of benzene rings is 1. The largest absolute Gasteiger partial charge is 0.239 e. The van der Waals surface area contributed by atoms with Crippen LogP contribution in [0.3, 0.4) is 0 Å². The van der Waals surface area contributed by atoms with E-state index in [0.29, 0.717) is 17.9 Å². The minimum Gasteiger partial charge on any atom is -0.239 e. The minimum atomic E-state index is -1.27. The first kappa shape index (κ1) is 20.5. The highest BCUT2D eigenvalue weighted by Gasteiger charge is 2.48. The van der Waals surface area contributed by atoms with Crippen molar-refractivity contribution in [2.45, 2.75) is 97.1 Å². The number of halogens is 2. The molecule has 1 heterocycles. The summed E-state index contributed by atoms with van der Waals surface area (Å²) in [5, 5.41) is 1.46. The van der Waals surface area contributed by atoms with Gasteiger partial charge in [-0.3, -0.25) is 0 Å². The van der Waals surface area contributed by atoms with Gasteiger partial charge in [0.2, 0.25) is 0 Å². The lowest BCUT2D eigenvalue weighted by atomic mass is 9.79. The van der Waals surface area contributed by atoms with Gasteiger partial charge in [0, 0.05) is 16.2 Å². The first-order valence-corrected chi connectivity index (χ1v) is 10.2. The summed E-state index contributed by atoms with van der Waals surface area (Å²) in [4.78, 5) is 9.80. The number of hydrogen-bond acceptors (Lipinski definition) is 2. The van der Waals surface area contributed by atoms with Crippen LogP contribution in [0.1, 0.15) is 97.8 Å². The van der Waals surface area contributed by atoms with E-state index in [9.17, 15) is 0 Å². The minimum absolute atomic E-state index is 0.196. The highest BCUT2D eigenvalue weighted by atomic mass is 35.5. The predicted molar refractivity (Wildman–Crippen MR) is 113 cm³/mol. The summed E-state index contributed by atoms with van der Waals surface area (Å²) in [6.07, 6.45) is 1.12. The molecule has 148 valence electrons. The van der Waals surface area contributed by atoms with Crippen LogP contribution in [0, 0.1) is 0 Å². The van der Waals surface area contributed by atoms with Crippen molar-refractivity contribution in [3.05, 3.63) is 33.7 Å². The molecule has 0 unspecified atom stereocenters. The van der Waals surface area contributed by atoms with E-state index in [1.165, 1.54) is 0 Å². The second kappa shape index (κ2) is 5.89. The Morgan fingerprint density at radius 1 is 0.889 bits per heavy atom. The fourth-order valence-corrected chi connectivity index (χ4v) is 4.13. The quantitative estimate of drug-likeness (QED) is 0.517. The van der Waals surface area contributed by atoms with Gasteiger partial charge >= 0.3 is 0 Å². The lowest BCUT2D eigenvalue weighted by Crippen LogP contribution is -2.24. The van der Waals surface area contributed by atoms with E-state index in [0.717, 1.165) is 33.5 Å². The van der Waals surface area contributed by atoms with E-state index >= 15 is 4.39 Å². The molecular weight excluding hydrogens is 359 g/mol. The van der Waals surface area contributed by atoms with Crippen molar-refractivity contribution in [1.29, 1.82) is 0 Å². The van der Waals surface area contributed by atoms with Gasteiger partial charge in [-0.1, -0.05) is 73.9 Å². The van der Waals surface area contributed by atoms with Gasteiger partial charge in [-0.2, -0.15) is 0 Å². The summed E-state index contributed by atoms with van der Waals surface area (Å²) >= 11 is 6.95. The molecule has 1 saturated carbocycles. The van der Waals surface area contributed by atoms with Crippen molar-refractivity contribution in [3.63, 3.8) is 0 Å². The summed E-state index contributed by atoms with van der Waals surface area (Å²) in [5.41, 5.74) is 1.37. The van der Waals surface area contributed by atoms with Gasteiger partial charge in [-0.05, 0) is 35.4 Å². The molecule has 0 amide bonds. The first-order chi connectivity index (χ1) is 12.1. The number of nitrogens with zero attached hydrogens (tertiary/aromatic N) is 2. The third-order valence-corrected chi connectivity index (χ3v) is 5.60. The maximum Gasteiger partial charge on any atom is 0.136 e. The van der Waals surface area contributed by atoms with E-state index in [4.69, 9.17) is 21.6 Å². The molecule has 1 aromatic heterocycles. The molecule has 2 aromatic rings. The smallest absolute Gasteiger partial charge is 0.136 e. The topological polar surface area (TPSA) is 25.8 Å². The Bertz CT molecular complexity index is 907. The summed E-state index contributed by atoms with van der Waals surface area (Å²) in [6, 6.07) is 1.99. The van der Waals surface area contributed by atoms with Crippen molar-refractivity contribution < 1.29 is 4.39 Å². The maximum absolute atomic E-state index is 15.3. The van der Waals surface area contributed by atoms with Gasteiger partial charge in [0.25, 0.3) is 0 Å². The molecule has 0 spiro atoms. The molecule has 0 N–H and O–H groups in total. The highest BCUT2D eigenvalue weighted by molar-refractivity contribution is 6.36. The molecule has 1 aromatic carbocycles. The average Bonchev–Trinajstić information content (AvgIpc) is 3.21. The molecule has 0 aliphatic heterocycles. The lowest BCUT2D eigenvalue weighted by molar-refractivity contribution is 0.312. The SMILES string of the molecule is CC(C)(C)c1nc(C(C)(C)C)c2cc(C3(F)CC3)c(C(C)(C)C)c(Cl)c2n1. The zero-order valence-electron chi connectivity index (χ0n) is 18.1. The zero-order valence-corrected chi connectivity index (χ0v) is 18.9. The average molecular weight is 391 g/mol. The number of hydrogen-bond donors (Lipinski definition) is 0. The fraction of sp³-hybridized carbons (Fsp3) is 0.652. The van der Waals surface area contributed by atoms with Gasteiger partial charge in [0.15, 0.2) is 0 Å². The second-order valence-electron chi connectivity index (χ2n) is 11.1. The summed E-state index contributed by atoms with van der Waals surface area (Å²) in [6.45, 7) is 19.0. The Morgan fingerprint density at radius 2 is 1.44 bits per heavy atom. The standard InChI is InChI=1S/C23H32ClFN2/c1-20(2,3)15-14(23(25)10-11-23)12-13-17(16(15)24)26-19(22(7,8)9)27-18(13)21(4,5)6/h12H,10-11H2,1-9H3. The van der Waals surface area contributed by atoms with Crippen LogP contribution in [-0.2, 0) is 21.9 Å². The van der Waals surface area contributed by atoms with E-state index in [1.807, 2.05) is 6.07 Å². The molecule has 1 fully saturated rings. The predicted octanol–water partition coefficient (Wildman–Crippen LogP) is 7.13. The summed E-state index contributed by atoms with van der Waals surface area (Å²) in [5.74, 6) is 0.774. The van der Waals surface area contributed by atoms with E-state index in [2.05, 4.69) is 62.3 Å². The van der Waals surface area contributed by atoms with Crippen LogP contribution in [0.25, 0.3) is 10.9 Å². The lowest BCUT2D eigenvalue weighted by Gasteiger charge is -2.30. The monoisotopic (exact) mass is 390 g/mol. The zero-order chi connectivity index (χ0) is 20.6. The van der Waals surface area contributed by atoms with Crippen LogP contribution < -0.4 is 0 Å². The molecule has 27 heavy (non-hydrogen) atoms. The Hall–Kier alpha value is -1.22. The number of aromatic nitrogens is 2. The van der Waals surface area contributed by atoms with Crippen LogP contribution in [0.15, 0.2) is 6.07 Å². The molecule has 4 heteroatoms. The van der Waals surface area contributed by atoms with Gasteiger partial charge in [0.1, 0.15) is 11.5 Å². The van der Waals surface area contributed by atoms with E-state index in [-0.39, 0.29) is 16.2 Å². The number of rotatable bonds is 1. The van der Waals surface area contributed by atoms with Crippen LogP contribution >= 0.6 is 11.6 Å². The molecule has 1 aliphatic rings. The summed E-state index contributed by atoms with van der Waals surface area (Å²) < 4.78 is 15.3. The van der Waals surface area contributed by atoms with Crippen molar-refractivity contribution in [2.75, 3.05) is 0 Å². The van der Waals surface area contributed by atoms with Crippen molar-refractivity contribution in [3.8, 4) is 0 Å². The molecule has 1 aliphatic carbocycles. The Morgan fingerprint density at radius 3 is 1.85 bits per heavy atom. The Labute approximate surface area is 167 Å². The summed E-state index contributed by atoms with van der Waals surface area (Å²) in [7, 11) is 0. The van der Waals surface area contributed by atoms with Gasteiger partial charge in [-0.25, -0.2) is 14.4 Å². The van der Waals surface area contributed by atoms with Gasteiger partial charge in [-0.15, -0.1) is 0 Å². The van der Waals surface area contributed by atoms with Gasteiger partial charge in [0.05, 0.1) is 16.2 Å². The van der Waals surface area contributed by atoms with Gasteiger partial charge < -0.3 is 0 Å². The second-order valence-corrected chi connectivity index (χ2v) is 11.5. The van der Waals surface area contributed by atoms with Crippen LogP contribution in [0.5, 0.6) is 0 Å². The molecule has 2 nitrogen and oxygen atoms in total. The molecule has 0 atom stereocenters. The van der Waals surface area contributed by atoms with Crippen molar-refractivity contribution >= 4 is 22.5 Å². The van der Waals surface area contributed by atoms with Crippen LogP contribution in [0.2, 0.25) is 5.02 Å². The normalized spacial score (nSPS) is 17.4. The molecule has 3 rings (SSSR count). The van der Waals surface area contributed by atoms with E-state index < -0.39 is 5.67 Å². The molecule has 0 bridgehead atoms. The van der Waals surface area contributed by atoms with Crippen LogP contribution in [0.4, 0.5) is 4.39 Å². The maximum atomic E-state index is 15.3. The van der Waals surface area contributed by atoms with Crippen LogP contribution in [-0.4, -0.2) is 9.97 Å². The highest BCUT2D eigenvalue weighted by Crippen LogP contribution is 2.55. The van der Waals surface area contributed by atoms with Crippen molar-refractivity contribution in [2.24, 2.45) is 0 Å². The molecular formula is C23H32ClFN2. The number of alkyl halides is 1. The first-order valence-electron chi connectivity index (χ1n) is 9.81. The van der Waals surface area contributed by atoms with Crippen molar-refractivity contribution in [1.82, 2.24) is 9.97 Å². The third kappa shape index (κ3) is 3.60. The Kier molecular flexibility index (Phi) is 4.47. The van der Waals surface area contributed by atoms with E-state index in [1.54, 1.807) is 0 Å². The third-order valence-electron chi connectivity index (χ3n) is 5.23. The number of fused-ring (bicyclic) bond motifs is 1. The fourth-order valence-electron chi connectivity index (χ4n) is 3.60. The Balaban J connectivity index is 2.51. The molecule has 0 saturated heterocycles. The molecule has 0 radical (unpaired) electrons.